The van der Waals surface area contributed by atoms with Gasteiger partial charge in [0.2, 0.25) is 0 Å². The number of nitrogens with one attached hydrogen (secondary N) is 1. The molecule has 2 aliphatic rings. The molecule has 1 fully saturated rings. The first-order valence-electron chi connectivity index (χ1n) is 9.86. The van der Waals surface area contributed by atoms with Gasteiger partial charge in [0, 0.05) is 25.3 Å². The summed E-state index contributed by atoms with van der Waals surface area (Å²) in [7, 11) is 0. The normalized spacial score (nSPS) is 18.7. The van der Waals surface area contributed by atoms with Crippen molar-refractivity contribution >= 4 is 5.91 Å². The molecule has 0 bridgehead atoms. The summed E-state index contributed by atoms with van der Waals surface area (Å²) in [5, 5.41) is 3.07. The summed E-state index contributed by atoms with van der Waals surface area (Å²) in [6.07, 6.45) is 4.41. The van der Waals surface area contributed by atoms with E-state index in [1.165, 1.54) is 12.0 Å². The SMILES string of the molecule is Cc1ccc([C@@H](CNC(=O)c2ccc3c(n2)CCCC3)N2CCOCC2)o1. The van der Waals surface area contributed by atoms with E-state index >= 15 is 0 Å². The molecule has 3 heterocycles. The molecule has 0 spiro atoms. The molecule has 1 amide bonds. The lowest BCUT2D eigenvalue weighted by Crippen LogP contribution is -2.43. The van der Waals surface area contributed by atoms with Gasteiger partial charge in [0.25, 0.3) is 5.91 Å². The van der Waals surface area contributed by atoms with Crippen LogP contribution < -0.4 is 5.32 Å². The molecule has 6 nitrogen and oxygen atoms in total. The molecule has 0 unspecified atom stereocenters. The van der Waals surface area contributed by atoms with E-state index in [1.54, 1.807) is 0 Å². The summed E-state index contributed by atoms with van der Waals surface area (Å²) in [6, 6.07) is 7.88. The van der Waals surface area contributed by atoms with Gasteiger partial charge in [-0.2, -0.15) is 0 Å². The number of amides is 1. The van der Waals surface area contributed by atoms with E-state index < -0.39 is 0 Å². The van der Waals surface area contributed by atoms with Gasteiger partial charge in [0.15, 0.2) is 0 Å². The van der Waals surface area contributed by atoms with Crippen molar-refractivity contribution in [2.45, 2.75) is 38.6 Å². The number of morpholine rings is 1. The van der Waals surface area contributed by atoms with Gasteiger partial charge in [-0.3, -0.25) is 9.69 Å². The van der Waals surface area contributed by atoms with Crippen LogP contribution in [0.25, 0.3) is 0 Å². The third-order valence-corrected chi connectivity index (χ3v) is 5.44. The van der Waals surface area contributed by atoms with Crippen molar-refractivity contribution in [2.24, 2.45) is 0 Å². The van der Waals surface area contributed by atoms with Crippen molar-refractivity contribution in [1.29, 1.82) is 0 Å². The van der Waals surface area contributed by atoms with Crippen LogP contribution in [0.15, 0.2) is 28.7 Å². The smallest absolute Gasteiger partial charge is 0.269 e. The zero-order valence-electron chi connectivity index (χ0n) is 15.9. The molecule has 27 heavy (non-hydrogen) atoms. The van der Waals surface area contributed by atoms with Gasteiger partial charge in [-0.05, 0) is 56.4 Å². The Kier molecular flexibility index (Phi) is 5.55. The van der Waals surface area contributed by atoms with Crippen LogP contribution >= 0.6 is 0 Å². The molecule has 2 aromatic heterocycles. The highest BCUT2D eigenvalue weighted by atomic mass is 16.5. The second-order valence-corrected chi connectivity index (χ2v) is 7.33. The molecule has 0 saturated carbocycles. The van der Waals surface area contributed by atoms with Crippen LogP contribution in [-0.2, 0) is 17.6 Å². The number of pyridine rings is 1. The second-order valence-electron chi connectivity index (χ2n) is 7.33. The summed E-state index contributed by atoms with van der Waals surface area (Å²) in [4.78, 5) is 19.6. The quantitative estimate of drug-likeness (QED) is 0.878. The molecular formula is C21H27N3O3. The summed E-state index contributed by atoms with van der Waals surface area (Å²) >= 11 is 0. The molecule has 1 aliphatic heterocycles. The maximum atomic E-state index is 12.7. The van der Waals surface area contributed by atoms with Gasteiger partial charge in [0.05, 0.1) is 19.3 Å². The van der Waals surface area contributed by atoms with Gasteiger partial charge in [0.1, 0.15) is 17.2 Å². The van der Waals surface area contributed by atoms with Crippen LogP contribution in [-0.4, -0.2) is 48.6 Å². The molecule has 0 radical (unpaired) electrons. The minimum Gasteiger partial charge on any atom is -0.465 e. The van der Waals surface area contributed by atoms with Gasteiger partial charge < -0.3 is 14.5 Å². The van der Waals surface area contributed by atoms with Crippen LogP contribution in [0, 0.1) is 6.92 Å². The number of fused-ring (bicyclic) bond motifs is 1. The first-order chi connectivity index (χ1) is 13.2. The minimum absolute atomic E-state index is 0.00387. The van der Waals surface area contributed by atoms with Crippen molar-refractivity contribution < 1.29 is 13.9 Å². The Bertz CT molecular complexity index is 796. The summed E-state index contributed by atoms with van der Waals surface area (Å²) in [5.41, 5.74) is 2.88. The zero-order chi connectivity index (χ0) is 18.6. The maximum absolute atomic E-state index is 12.7. The number of hydrogen-bond acceptors (Lipinski definition) is 5. The van der Waals surface area contributed by atoms with Gasteiger partial charge in [-0.25, -0.2) is 4.98 Å². The van der Waals surface area contributed by atoms with Crippen LogP contribution in [0.5, 0.6) is 0 Å². The fraction of sp³-hybridized carbons (Fsp3) is 0.524. The molecule has 4 rings (SSSR count). The van der Waals surface area contributed by atoms with E-state index in [0.717, 1.165) is 49.6 Å². The number of ether oxygens (including phenoxy) is 1. The van der Waals surface area contributed by atoms with Crippen LogP contribution in [0.3, 0.4) is 0 Å². The second kappa shape index (κ2) is 8.23. The highest BCUT2D eigenvalue weighted by Gasteiger charge is 2.26. The standard InChI is InChI=1S/C21H27N3O3/c1-15-6-9-20(27-15)19(24-10-12-26-13-11-24)14-22-21(25)18-8-7-16-4-2-3-5-17(16)23-18/h6-9,19H,2-5,10-14H2,1H3,(H,22,25)/t19-/m1/s1. The predicted octanol–water partition coefficient (Wildman–Crippen LogP) is 2.67. The fourth-order valence-corrected chi connectivity index (χ4v) is 3.92. The lowest BCUT2D eigenvalue weighted by molar-refractivity contribution is 0.0117. The highest BCUT2D eigenvalue weighted by molar-refractivity contribution is 5.92. The maximum Gasteiger partial charge on any atom is 0.269 e. The Morgan fingerprint density at radius 3 is 2.78 bits per heavy atom. The van der Waals surface area contributed by atoms with Gasteiger partial charge in [-0.15, -0.1) is 0 Å². The summed E-state index contributed by atoms with van der Waals surface area (Å²) in [5.74, 6) is 1.64. The lowest BCUT2D eigenvalue weighted by atomic mass is 9.96. The molecule has 1 aliphatic carbocycles. The number of aromatic nitrogens is 1. The van der Waals surface area contributed by atoms with Crippen molar-refractivity contribution in [1.82, 2.24) is 15.2 Å². The average Bonchev–Trinajstić information content (AvgIpc) is 3.14. The van der Waals surface area contributed by atoms with E-state index in [1.807, 2.05) is 25.1 Å². The van der Waals surface area contributed by atoms with Gasteiger partial charge >= 0.3 is 0 Å². The lowest BCUT2D eigenvalue weighted by Gasteiger charge is -2.33. The van der Waals surface area contributed by atoms with Crippen molar-refractivity contribution in [3.63, 3.8) is 0 Å². The first kappa shape index (κ1) is 18.2. The third kappa shape index (κ3) is 4.22. The Morgan fingerprint density at radius 2 is 2.00 bits per heavy atom. The molecule has 1 saturated heterocycles. The number of aryl methyl sites for hydroxylation is 3. The molecule has 6 heteroatoms. The Morgan fingerprint density at radius 1 is 1.19 bits per heavy atom. The van der Waals surface area contributed by atoms with Gasteiger partial charge in [-0.1, -0.05) is 6.07 Å². The molecule has 144 valence electrons. The third-order valence-electron chi connectivity index (χ3n) is 5.44. The highest BCUT2D eigenvalue weighted by Crippen LogP contribution is 2.24. The van der Waals surface area contributed by atoms with Crippen molar-refractivity contribution in [3.05, 3.63) is 52.7 Å². The van der Waals surface area contributed by atoms with E-state index in [0.29, 0.717) is 25.5 Å². The molecular weight excluding hydrogens is 342 g/mol. The van der Waals surface area contributed by atoms with E-state index in [9.17, 15) is 4.79 Å². The fourth-order valence-electron chi connectivity index (χ4n) is 3.92. The number of furan rings is 1. The monoisotopic (exact) mass is 369 g/mol. The summed E-state index contributed by atoms with van der Waals surface area (Å²) in [6.45, 7) is 5.50. The van der Waals surface area contributed by atoms with E-state index in [4.69, 9.17) is 9.15 Å². The van der Waals surface area contributed by atoms with Crippen molar-refractivity contribution in [2.75, 3.05) is 32.8 Å². The summed E-state index contributed by atoms with van der Waals surface area (Å²) < 4.78 is 11.3. The van der Waals surface area contributed by atoms with E-state index in [-0.39, 0.29) is 11.9 Å². The van der Waals surface area contributed by atoms with Crippen LogP contribution in [0.2, 0.25) is 0 Å². The number of hydrogen-bond donors (Lipinski definition) is 1. The topological polar surface area (TPSA) is 67.6 Å². The zero-order valence-corrected chi connectivity index (χ0v) is 15.9. The average molecular weight is 369 g/mol. The molecule has 0 aromatic carbocycles. The number of rotatable bonds is 5. The Hall–Kier alpha value is -2.18. The Labute approximate surface area is 159 Å². The molecule has 1 atom stereocenters. The first-order valence-corrected chi connectivity index (χ1v) is 9.86. The minimum atomic E-state index is -0.120. The van der Waals surface area contributed by atoms with Crippen LogP contribution in [0.1, 0.15) is 52.1 Å². The largest absolute Gasteiger partial charge is 0.465 e. The van der Waals surface area contributed by atoms with Crippen LogP contribution in [0.4, 0.5) is 0 Å². The number of carbonyl (C=O) groups is 1. The predicted molar refractivity (Wildman–Crippen MR) is 102 cm³/mol. The number of nitrogens with zero attached hydrogens (tertiary/aromatic N) is 2. The molecule has 1 N–H and O–H groups in total. The molecule has 2 aromatic rings. The Balaban J connectivity index is 1.46. The van der Waals surface area contributed by atoms with Crippen molar-refractivity contribution in [3.8, 4) is 0 Å². The number of carbonyl (C=O) groups excluding carboxylic acids is 1. The van der Waals surface area contributed by atoms with E-state index in [2.05, 4.69) is 21.3 Å².